The summed E-state index contributed by atoms with van der Waals surface area (Å²) in [4.78, 5) is 24.1. The van der Waals surface area contributed by atoms with Crippen LogP contribution < -0.4 is 10.2 Å². The van der Waals surface area contributed by atoms with Crippen LogP contribution in [0.5, 0.6) is 5.75 Å². The Morgan fingerprint density at radius 2 is 2.00 bits per heavy atom. The summed E-state index contributed by atoms with van der Waals surface area (Å²) in [5, 5.41) is 25.3. The zero-order chi connectivity index (χ0) is 16.8. The number of hydrogen-bond acceptors (Lipinski definition) is 8. The van der Waals surface area contributed by atoms with Crippen LogP contribution in [-0.4, -0.2) is 28.2 Å². The van der Waals surface area contributed by atoms with Crippen molar-refractivity contribution in [3.63, 3.8) is 0 Å². The maximum atomic E-state index is 10.9. The molecule has 0 unspecified atom stereocenters. The molecular formula is C13H11N5O5. The maximum Gasteiger partial charge on any atom is 0.311 e. The van der Waals surface area contributed by atoms with Crippen LogP contribution in [0.1, 0.15) is 5.56 Å². The normalized spacial score (nSPS) is 10.5. The Morgan fingerprint density at radius 1 is 1.22 bits per heavy atom. The van der Waals surface area contributed by atoms with Gasteiger partial charge in [-0.3, -0.25) is 25.7 Å². The summed E-state index contributed by atoms with van der Waals surface area (Å²) in [5.74, 6) is 0.451. The van der Waals surface area contributed by atoms with Gasteiger partial charge in [-0.25, -0.2) is 4.98 Å². The highest BCUT2D eigenvalue weighted by atomic mass is 16.6. The first-order valence-corrected chi connectivity index (χ1v) is 6.23. The number of pyridine rings is 1. The van der Waals surface area contributed by atoms with E-state index in [4.69, 9.17) is 4.74 Å². The third kappa shape index (κ3) is 3.97. The van der Waals surface area contributed by atoms with E-state index < -0.39 is 9.85 Å². The summed E-state index contributed by atoms with van der Waals surface area (Å²) in [6, 6.07) is 7.05. The van der Waals surface area contributed by atoms with Gasteiger partial charge in [0, 0.05) is 17.7 Å². The highest BCUT2D eigenvalue weighted by Crippen LogP contribution is 2.26. The Labute approximate surface area is 129 Å². The molecule has 23 heavy (non-hydrogen) atoms. The molecule has 0 saturated heterocycles. The van der Waals surface area contributed by atoms with Crippen LogP contribution in [-0.2, 0) is 0 Å². The number of aromatic nitrogens is 1. The molecule has 10 nitrogen and oxygen atoms in total. The van der Waals surface area contributed by atoms with Gasteiger partial charge in [0.15, 0.2) is 5.75 Å². The number of hydrogen-bond donors (Lipinski definition) is 1. The zero-order valence-electron chi connectivity index (χ0n) is 11.9. The minimum absolute atomic E-state index is 0.134. The molecular weight excluding hydrogens is 306 g/mol. The van der Waals surface area contributed by atoms with Crippen LogP contribution in [0.25, 0.3) is 0 Å². The van der Waals surface area contributed by atoms with Gasteiger partial charge < -0.3 is 4.74 Å². The fourth-order valence-corrected chi connectivity index (χ4v) is 1.66. The summed E-state index contributed by atoms with van der Waals surface area (Å²) in [6.07, 6.45) is 2.45. The van der Waals surface area contributed by atoms with Crippen molar-refractivity contribution >= 4 is 23.4 Å². The fourth-order valence-electron chi connectivity index (χ4n) is 1.66. The molecule has 0 saturated carbocycles. The van der Waals surface area contributed by atoms with Crippen molar-refractivity contribution in [1.82, 2.24) is 4.98 Å². The third-order valence-corrected chi connectivity index (χ3v) is 2.75. The second-order valence-corrected chi connectivity index (χ2v) is 4.22. The number of ether oxygens (including phenoxy) is 1. The highest BCUT2D eigenvalue weighted by molar-refractivity contribution is 5.82. The first kappa shape index (κ1) is 15.8. The second-order valence-electron chi connectivity index (χ2n) is 4.22. The van der Waals surface area contributed by atoms with Crippen molar-refractivity contribution in [1.29, 1.82) is 0 Å². The maximum absolute atomic E-state index is 10.9. The highest BCUT2D eigenvalue weighted by Gasteiger charge is 2.14. The Bertz CT molecular complexity index is 760. The summed E-state index contributed by atoms with van der Waals surface area (Å²) >= 11 is 0. The van der Waals surface area contributed by atoms with Crippen LogP contribution in [0.3, 0.4) is 0 Å². The fraction of sp³-hybridized carbons (Fsp3) is 0.0769. The smallest absolute Gasteiger partial charge is 0.311 e. The predicted molar refractivity (Wildman–Crippen MR) is 81.8 cm³/mol. The molecule has 0 atom stereocenters. The first-order chi connectivity index (χ1) is 11.0. The van der Waals surface area contributed by atoms with Crippen LogP contribution in [0.15, 0.2) is 41.6 Å². The van der Waals surface area contributed by atoms with Crippen molar-refractivity contribution in [2.75, 3.05) is 12.5 Å². The summed E-state index contributed by atoms with van der Waals surface area (Å²) < 4.78 is 4.90. The number of nitrogens with zero attached hydrogens (tertiary/aromatic N) is 4. The Hall–Kier alpha value is -3.56. The minimum Gasteiger partial charge on any atom is -0.490 e. The molecule has 1 heterocycles. The molecule has 0 amide bonds. The largest absolute Gasteiger partial charge is 0.490 e. The summed E-state index contributed by atoms with van der Waals surface area (Å²) in [5.41, 5.74) is 2.74. The van der Waals surface area contributed by atoms with Crippen LogP contribution in [0.2, 0.25) is 0 Å². The topological polar surface area (TPSA) is 133 Å². The standard InChI is InChI=1S/C13H11N5O5/c1-23-12-4-2-9(6-11(12)18(21)22)7-15-16-13-5-3-10(8-14-13)17(19)20/h2-8H,1H3,(H,14,16)/b15-7+. The molecule has 0 spiro atoms. The number of rotatable bonds is 6. The lowest BCUT2D eigenvalue weighted by Gasteiger charge is -2.02. The van der Waals surface area contributed by atoms with Crippen LogP contribution in [0.4, 0.5) is 17.2 Å². The molecule has 0 aliphatic heterocycles. The zero-order valence-corrected chi connectivity index (χ0v) is 11.9. The van der Waals surface area contributed by atoms with Gasteiger partial charge in [0.2, 0.25) is 0 Å². The molecule has 0 fully saturated rings. The van der Waals surface area contributed by atoms with Crippen LogP contribution >= 0.6 is 0 Å². The van der Waals surface area contributed by atoms with Crippen molar-refractivity contribution in [3.8, 4) is 5.75 Å². The van der Waals surface area contributed by atoms with E-state index in [1.807, 2.05) is 0 Å². The number of methoxy groups -OCH3 is 1. The second kappa shape index (κ2) is 6.93. The van der Waals surface area contributed by atoms with Crippen molar-refractivity contribution in [2.45, 2.75) is 0 Å². The SMILES string of the molecule is COc1ccc(/C=N/Nc2ccc([N+](=O)[O-])cn2)cc1[N+](=O)[O-]. The van der Waals surface area contributed by atoms with Crippen LogP contribution in [0, 0.1) is 20.2 Å². The monoisotopic (exact) mass is 317 g/mol. The first-order valence-electron chi connectivity index (χ1n) is 6.23. The number of nitrogens with one attached hydrogen (secondary N) is 1. The van der Waals surface area contributed by atoms with Gasteiger partial charge in [0.25, 0.3) is 5.69 Å². The molecule has 0 bridgehead atoms. The molecule has 2 aromatic rings. The van der Waals surface area contributed by atoms with E-state index in [0.29, 0.717) is 11.4 Å². The Morgan fingerprint density at radius 3 is 2.57 bits per heavy atom. The van der Waals surface area contributed by atoms with Crippen molar-refractivity contribution in [2.24, 2.45) is 5.10 Å². The van der Waals surface area contributed by atoms with Gasteiger partial charge in [-0.15, -0.1) is 0 Å². The van der Waals surface area contributed by atoms with E-state index in [1.54, 1.807) is 6.07 Å². The van der Waals surface area contributed by atoms with E-state index in [-0.39, 0.29) is 17.1 Å². The van der Waals surface area contributed by atoms with E-state index in [0.717, 1.165) is 6.20 Å². The van der Waals surface area contributed by atoms with E-state index in [1.165, 1.54) is 37.6 Å². The van der Waals surface area contributed by atoms with Gasteiger partial charge >= 0.3 is 5.69 Å². The van der Waals surface area contributed by atoms with Gasteiger partial charge in [-0.1, -0.05) is 0 Å². The molecule has 118 valence electrons. The molecule has 2 rings (SSSR count). The van der Waals surface area contributed by atoms with Gasteiger partial charge in [0.1, 0.15) is 12.0 Å². The number of hydrazone groups is 1. The minimum atomic E-state index is -0.559. The van der Waals surface area contributed by atoms with Gasteiger partial charge in [-0.05, 0) is 18.2 Å². The molecule has 1 aromatic carbocycles. The van der Waals surface area contributed by atoms with E-state index in [9.17, 15) is 20.2 Å². The number of nitro groups is 2. The summed E-state index contributed by atoms with van der Waals surface area (Å²) in [6.45, 7) is 0. The van der Waals surface area contributed by atoms with Gasteiger partial charge in [-0.2, -0.15) is 5.10 Å². The molecule has 1 N–H and O–H groups in total. The Balaban J connectivity index is 2.09. The van der Waals surface area contributed by atoms with E-state index >= 15 is 0 Å². The molecule has 0 aliphatic rings. The van der Waals surface area contributed by atoms with E-state index in [2.05, 4.69) is 15.5 Å². The quantitative estimate of drug-likeness (QED) is 0.491. The molecule has 1 aromatic heterocycles. The number of benzene rings is 1. The summed E-state index contributed by atoms with van der Waals surface area (Å²) in [7, 11) is 1.35. The predicted octanol–water partition coefficient (Wildman–Crippen LogP) is 2.35. The molecule has 0 radical (unpaired) electrons. The number of anilines is 1. The molecule has 10 heteroatoms. The van der Waals surface area contributed by atoms with Crippen molar-refractivity contribution < 1.29 is 14.6 Å². The molecule has 0 aliphatic carbocycles. The lowest BCUT2D eigenvalue weighted by atomic mass is 10.2. The Kier molecular flexibility index (Phi) is 4.77. The van der Waals surface area contributed by atoms with Gasteiger partial charge in [0.05, 0.1) is 23.2 Å². The lowest BCUT2D eigenvalue weighted by Crippen LogP contribution is -1.97. The van der Waals surface area contributed by atoms with Crippen molar-refractivity contribution in [3.05, 3.63) is 62.3 Å². The number of nitro benzene ring substituents is 1. The third-order valence-electron chi connectivity index (χ3n) is 2.75. The lowest BCUT2D eigenvalue weighted by molar-refractivity contribution is -0.385. The average molecular weight is 317 g/mol. The average Bonchev–Trinajstić information content (AvgIpc) is 2.55.